The SMILES string of the molecule is CCOCCOCC(O)CNc1c(Cl)cccc1Cl. The largest absolute Gasteiger partial charge is 0.389 e. The Kier molecular flexibility index (Phi) is 8.18. The molecule has 0 amide bonds. The highest BCUT2D eigenvalue weighted by Crippen LogP contribution is 2.29. The van der Waals surface area contributed by atoms with Crippen LogP contribution in [0.5, 0.6) is 0 Å². The maximum atomic E-state index is 9.73. The van der Waals surface area contributed by atoms with E-state index in [2.05, 4.69) is 5.32 Å². The number of para-hydroxylation sites is 1. The number of hydrogen-bond acceptors (Lipinski definition) is 4. The molecule has 1 aromatic rings. The minimum Gasteiger partial charge on any atom is -0.389 e. The summed E-state index contributed by atoms with van der Waals surface area (Å²) >= 11 is 12.0. The van der Waals surface area contributed by atoms with Gasteiger partial charge in [0, 0.05) is 13.2 Å². The Morgan fingerprint density at radius 2 is 1.84 bits per heavy atom. The summed E-state index contributed by atoms with van der Waals surface area (Å²) in [5.41, 5.74) is 0.624. The number of aliphatic hydroxyl groups is 1. The molecule has 0 saturated heterocycles. The van der Waals surface area contributed by atoms with Gasteiger partial charge in [-0.15, -0.1) is 0 Å². The van der Waals surface area contributed by atoms with Gasteiger partial charge in [-0.2, -0.15) is 0 Å². The second-order valence-corrected chi connectivity index (χ2v) is 4.72. The number of anilines is 1. The first kappa shape index (κ1) is 16.5. The molecule has 1 aromatic carbocycles. The van der Waals surface area contributed by atoms with Crippen LogP contribution >= 0.6 is 23.2 Å². The third-order valence-corrected chi connectivity index (χ3v) is 2.99. The molecular formula is C13H19Cl2NO3. The Morgan fingerprint density at radius 3 is 2.47 bits per heavy atom. The van der Waals surface area contributed by atoms with Gasteiger partial charge in [-0.05, 0) is 19.1 Å². The van der Waals surface area contributed by atoms with Gasteiger partial charge in [0.25, 0.3) is 0 Å². The summed E-state index contributed by atoms with van der Waals surface area (Å²) in [6.07, 6.45) is -0.631. The summed E-state index contributed by atoms with van der Waals surface area (Å²) in [6, 6.07) is 5.24. The molecule has 0 spiro atoms. The highest BCUT2D eigenvalue weighted by atomic mass is 35.5. The molecule has 1 unspecified atom stereocenters. The Labute approximate surface area is 123 Å². The van der Waals surface area contributed by atoms with Crippen LogP contribution in [0.15, 0.2) is 18.2 Å². The molecule has 0 radical (unpaired) electrons. The topological polar surface area (TPSA) is 50.7 Å². The van der Waals surface area contributed by atoms with Crippen molar-refractivity contribution in [2.45, 2.75) is 13.0 Å². The van der Waals surface area contributed by atoms with E-state index in [1.807, 2.05) is 6.92 Å². The number of nitrogens with one attached hydrogen (secondary N) is 1. The predicted molar refractivity (Wildman–Crippen MR) is 78.3 cm³/mol. The molecule has 0 fully saturated rings. The van der Waals surface area contributed by atoms with Crippen molar-refractivity contribution in [2.24, 2.45) is 0 Å². The minimum atomic E-state index is -0.631. The monoisotopic (exact) mass is 307 g/mol. The van der Waals surface area contributed by atoms with Gasteiger partial charge in [0.2, 0.25) is 0 Å². The maximum Gasteiger partial charge on any atom is 0.0945 e. The van der Waals surface area contributed by atoms with Crippen LogP contribution in [-0.4, -0.2) is 44.2 Å². The number of ether oxygens (including phenoxy) is 2. The van der Waals surface area contributed by atoms with Gasteiger partial charge in [0.05, 0.1) is 41.7 Å². The number of halogens is 2. The number of benzene rings is 1. The van der Waals surface area contributed by atoms with Crippen molar-refractivity contribution in [1.82, 2.24) is 0 Å². The molecule has 0 heterocycles. The van der Waals surface area contributed by atoms with E-state index in [1.54, 1.807) is 18.2 Å². The van der Waals surface area contributed by atoms with Crippen LogP contribution in [0.4, 0.5) is 5.69 Å². The second kappa shape index (κ2) is 9.39. The highest BCUT2D eigenvalue weighted by Gasteiger charge is 2.08. The molecule has 0 aliphatic carbocycles. The van der Waals surface area contributed by atoms with E-state index in [0.717, 1.165) is 0 Å². The molecule has 1 rings (SSSR count). The van der Waals surface area contributed by atoms with Crippen molar-refractivity contribution in [3.05, 3.63) is 28.2 Å². The van der Waals surface area contributed by atoms with Crippen molar-refractivity contribution < 1.29 is 14.6 Å². The van der Waals surface area contributed by atoms with Crippen molar-refractivity contribution in [3.63, 3.8) is 0 Å². The summed E-state index contributed by atoms with van der Waals surface area (Å²) in [5.74, 6) is 0. The zero-order valence-electron chi connectivity index (χ0n) is 10.9. The lowest BCUT2D eigenvalue weighted by Crippen LogP contribution is -2.25. The lowest BCUT2D eigenvalue weighted by molar-refractivity contribution is 0.0103. The van der Waals surface area contributed by atoms with E-state index < -0.39 is 6.10 Å². The Bertz CT molecular complexity index is 357. The fraction of sp³-hybridized carbons (Fsp3) is 0.538. The summed E-state index contributed by atoms with van der Waals surface area (Å²) in [4.78, 5) is 0. The van der Waals surface area contributed by atoms with Crippen LogP contribution in [-0.2, 0) is 9.47 Å². The van der Waals surface area contributed by atoms with E-state index in [9.17, 15) is 5.11 Å². The van der Waals surface area contributed by atoms with Crippen LogP contribution in [0.2, 0.25) is 10.0 Å². The molecular weight excluding hydrogens is 289 g/mol. The summed E-state index contributed by atoms with van der Waals surface area (Å²) in [5, 5.41) is 13.8. The first-order valence-corrected chi connectivity index (χ1v) is 6.92. The zero-order chi connectivity index (χ0) is 14.1. The number of hydrogen-bond donors (Lipinski definition) is 2. The summed E-state index contributed by atoms with van der Waals surface area (Å²) < 4.78 is 10.4. The third kappa shape index (κ3) is 6.45. The molecule has 0 aliphatic heterocycles. The summed E-state index contributed by atoms with van der Waals surface area (Å²) in [6.45, 7) is 4.15. The van der Waals surface area contributed by atoms with Crippen molar-refractivity contribution in [3.8, 4) is 0 Å². The first-order valence-electron chi connectivity index (χ1n) is 6.16. The second-order valence-electron chi connectivity index (χ2n) is 3.90. The van der Waals surface area contributed by atoms with Crippen LogP contribution in [0, 0.1) is 0 Å². The summed E-state index contributed by atoms with van der Waals surface area (Å²) in [7, 11) is 0. The molecule has 0 bridgehead atoms. The van der Waals surface area contributed by atoms with Gasteiger partial charge < -0.3 is 19.9 Å². The standard InChI is InChI=1S/C13H19Cl2NO3/c1-2-18-6-7-19-9-10(17)8-16-13-11(14)4-3-5-12(13)15/h3-5,10,16-17H,2,6-9H2,1H3. The van der Waals surface area contributed by atoms with E-state index in [4.69, 9.17) is 32.7 Å². The zero-order valence-corrected chi connectivity index (χ0v) is 12.4. The van der Waals surface area contributed by atoms with E-state index in [0.29, 0.717) is 42.1 Å². The lowest BCUT2D eigenvalue weighted by atomic mass is 10.3. The van der Waals surface area contributed by atoms with Crippen molar-refractivity contribution >= 4 is 28.9 Å². The molecule has 108 valence electrons. The average Bonchev–Trinajstić information content (AvgIpc) is 2.38. The molecule has 19 heavy (non-hydrogen) atoms. The molecule has 6 heteroatoms. The fourth-order valence-electron chi connectivity index (χ4n) is 1.43. The van der Waals surface area contributed by atoms with Gasteiger partial charge in [-0.1, -0.05) is 29.3 Å². The Morgan fingerprint density at radius 1 is 1.21 bits per heavy atom. The lowest BCUT2D eigenvalue weighted by Gasteiger charge is -2.15. The Hall–Kier alpha value is -0.520. The van der Waals surface area contributed by atoms with E-state index in [-0.39, 0.29) is 6.61 Å². The van der Waals surface area contributed by atoms with Crippen molar-refractivity contribution in [1.29, 1.82) is 0 Å². The van der Waals surface area contributed by atoms with Crippen molar-refractivity contribution in [2.75, 3.05) is 38.3 Å². The molecule has 2 N–H and O–H groups in total. The van der Waals surface area contributed by atoms with Gasteiger partial charge in [-0.25, -0.2) is 0 Å². The van der Waals surface area contributed by atoms with Gasteiger partial charge >= 0.3 is 0 Å². The fourth-order valence-corrected chi connectivity index (χ4v) is 1.96. The molecule has 0 aromatic heterocycles. The maximum absolute atomic E-state index is 9.73. The minimum absolute atomic E-state index is 0.238. The molecule has 0 aliphatic rings. The van der Waals surface area contributed by atoms with E-state index in [1.165, 1.54) is 0 Å². The quantitative estimate of drug-likeness (QED) is 0.689. The average molecular weight is 308 g/mol. The molecule has 4 nitrogen and oxygen atoms in total. The van der Waals surface area contributed by atoms with Gasteiger partial charge in [-0.3, -0.25) is 0 Å². The predicted octanol–water partition coefficient (Wildman–Crippen LogP) is 2.82. The van der Waals surface area contributed by atoms with Gasteiger partial charge in [0.1, 0.15) is 0 Å². The number of rotatable bonds is 9. The van der Waals surface area contributed by atoms with E-state index >= 15 is 0 Å². The normalized spacial score (nSPS) is 12.4. The number of aliphatic hydroxyl groups excluding tert-OH is 1. The van der Waals surface area contributed by atoms with Crippen LogP contribution in [0.25, 0.3) is 0 Å². The Balaban J connectivity index is 2.24. The molecule has 0 saturated carbocycles. The van der Waals surface area contributed by atoms with Gasteiger partial charge in [0.15, 0.2) is 0 Å². The third-order valence-electron chi connectivity index (χ3n) is 2.36. The van der Waals surface area contributed by atoms with Crippen LogP contribution in [0.1, 0.15) is 6.92 Å². The highest BCUT2D eigenvalue weighted by molar-refractivity contribution is 6.39. The first-order chi connectivity index (χ1) is 9.15. The van der Waals surface area contributed by atoms with Crippen LogP contribution < -0.4 is 5.32 Å². The smallest absolute Gasteiger partial charge is 0.0945 e. The van der Waals surface area contributed by atoms with Crippen LogP contribution in [0.3, 0.4) is 0 Å². The molecule has 1 atom stereocenters.